The predicted molar refractivity (Wildman–Crippen MR) is 244 cm³/mol. The van der Waals surface area contributed by atoms with Crippen LogP contribution in [0.2, 0.25) is 0 Å². The first-order valence-electron chi connectivity index (χ1n) is 23.0. The summed E-state index contributed by atoms with van der Waals surface area (Å²) in [4.78, 5) is 67.3. The van der Waals surface area contributed by atoms with E-state index in [-0.39, 0.29) is 30.9 Å². The molecule has 3 aliphatic carbocycles. The highest BCUT2D eigenvalue weighted by Crippen LogP contribution is 2.65. The molecule has 1 aliphatic heterocycles. The standard InChI is InChI=1S/C47H72BN7O8/c1-8-9-12-31-14-18-33(19-15-31)34-20-16-32(17-21-34)25-40(57)53-37(22-24-50)44(60)55-41(29(3)56)45(61)51-28(2)42(58)54-36(13-10-11-23-49)43(59)52-30(4)48-62-39-27-35-26-38(46(35,5)6)47(39,7)63-48/h14-21,28-30,35-39,41,56H,8-13,22-27,49-50H2,1-7H3,(H,51,61)(H,52,59)(H,53,57)(H,54,58)(H,55,60)/t28-,29+,30-,35-,36-,37-,38-,39?,41-,47-/m0/s1. The Kier molecular flexibility index (Phi) is 17.4. The molecule has 4 fully saturated rings. The van der Waals surface area contributed by atoms with E-state index in [1.807, 2.05) is 31.2 Å². The Morgan fingerprint density at radius 3 is 1.95 bits per heavy atom. The largest absolute Gasteiger partial charge is 0.481 e. The number of nitrogens with two attached hydrogens (primary N) is 2. The number of benzene rings is 2. The van der Waals surface area contributed by atoms with E-state index in [1.165, 1.54) is 19.4 Å². The number of hydrogen-bond acceptors (Lipinski definition) is 10. The molecule has 6 rings (SSSR count). The molecule has 2 aromatic carbocycles. The molecule has 1 unspecified atom stereocenters. The molecule has 16 heteroatoms. The zero-order chi connectivity index (χ0) is 46.1. The van der Waals surface area contributed by atoms with Gasteiger partial charge in [-0.15, -0.1) is 0 Å². The minimum absolute atomic E-state index is 0.00299. The zero-order valence-corrected chi connectivity index (χ0v) is 38.3. The molecule has 0 radical (unpaired) electrons. The molecule has 2 aromatic rings. The van der Waals surface area contributed by atoms with E-state index < -0.39 is 78.5 Å². The van der Waals surface area contributed by atoms with Crippen molar-refractivity contribution in [2.24, 2.45) is 28.7 Å². The summed E-state index contributed by atoms with van der Waals surface area (Å²) in [5.41, 5.74) is 15.4. The fourth-order valence-corrected chi connectivity index (χ4v) is 9.52. The van der Waals surface area contributed by atoms with Gasteiger partial charge in [-0.2, -0.15) is 0 Å². The molecule has 0 spiro atoms. The maximum atomic E-state index is 13.7. The highest BCUT2D eigenvalue weighted by Gasteiger charge is 2.68. The van der Waals surface area contributed by atoms with Crippen molar-refractivity contribution >= 4 is 36.7 Å². The maximum absolute atomic E-state index is 13.7. The highest BCUT2D eigenvalue weighted by molar-refractivity contribution is 6.47. The fraction of sp³-hybridized carbons (Fsp3) is 0.638. The lowest BCUT2D eigenvalue weighted by atomic mass is 9.43. The minimum atomic E-state index is -1.48. The van der Waals surface area contributed by atoms with Crippen LogP contribution >= 0.6 is 0 Å². The highest BCUT2D eigenvalue weighted by atomic mass is 16.7. The van der Waals surface area contributed by atoms with Gasteiger partial charge in [0.05, 0.1) is 30.2 Å². The molecule has 4 aliphatic rings. The van der Waals surface area contributed by atoms with E-state index in [9.17, 15) is 29.1 Å². The van der Waals surface area contributed by atoms with Crippen LogP contribution in [0.15, 0.2) is 48.5 Å². The summed E-state index contributed by atoms with van der Waals surface area (Å²) in [5.74, 6) is -2.62. The third kappa shape index (κ3) is 12.3. The topological polar surface area (TPSA) is 236 Å². The van der Waals surface area contributed by atoms with Crippen molar-refractivity contribution in [3.05, 3.63) is 59.7 Å². The first-order chi connectivity index (χ1) is 29.9. The van der Waals surface area contributed by atoms with Crippen LogP contribution in [-0.4, -0.2) is 103 Å². The molecule has 1 heterocycles. The summed E-state index contributed by atoms with van der Waals surface area (Å²) in [7, 11) is -0.648. The zero-order valence-electron chi connectivity index (χ0n) is 38.3. The van der Waals surface area contributed by atoms with E-state index in [0.717, 1.165) is 48.8 Å². The minimum Gasteiger partial charge on any atom is -0.404 e. The van der Waals surface area contributed by atoms with Gasteiger partial charge < -0.3 is 52.5 Å². The summed E-state index contributed by atoms with van der Waals surface area (Å²) in [6.45, 7) is 13.9. The lowest BCUT2D eigenvalue weighted by Gasteiger charge is -2.64. The van der Waals surface area contributed by atoms with Gasteiger partial charge in [0.25, 0.3) is 0 Å². The molecule has 2 bridgehead atoms. The van der Waals surface area contributed by atoms with Crippen molar-refractivity contribution in [3.8, 4) is 11.1 Å². The molecule has 10 N–H and O–H groups in total. The average molecular weight is 874 g/mol. The molecule has 3 saturated carbocycles. The van der Waals surface area contributed by atoms with Gasteiger partial charge in [-0.1, -0.05) is 75.7 Å². The summed E-state index contributed by atoms with van der Waals surface area (Å²) < 4.78 is 12.9. The number of nitrogens with one attached hydrogen (secondary N) is 5. The Morgan fingerprint density at radius 2 is 1.37 bits per heavy atom. The molecule has 5 amide bonds. The lowest BCUT2D eigenvalue weighted by Crippen LogP contribution is -2.65. The van der Waals surface area contributed by atoms with Crippen molar-refractivity contribution in [2.45, 2.75) is 161 Å². The Balaban J connectivity index is 1.13. The number of hydrogen-bond donors (Lipinski definition) is 8. The molecule has 10 atom stereocenters. The van der Waals surface area contributed by atoms with E-state index in [1.54, 1.807) is 0 Å². The summed E-state index contributed by atoms with van der Waals surface area (Å²) >= 11 is 0. The van der Waals surface area contributed by atoms with Gasteiger partial charge in [-0.3, -0.25) is 24.0 Å². The number of carbonyl (C=O) groups excluding carboxylic acids is 5. The predicted octanol–water partition coefficient (Wildman–Crippen LogP) is 2.83. The van der Waals surface area contributed by atoms with Gasteiger partial charge in [0.15, 0.2) is 0 Å². The number of aliphatic hydroxyl groups is 1. The van der Waals surface area contributed by atoms with Crippen LogP contribution in [0.4, 0.5) is 0 Å². The Hall–Kier alpha value is -4.35. The summed E-state index contributed by atoms with van der Waals surface area (Å²) in [6, 6.07) is 11.4. The number of aryl methyl sites for hydroxylation is 1. The smallest absolute Gasteiger partial charge is 0.404 e. The van der Waals surface area contributed by atoms with Crippen LogP contribution in [0.5, 0.6) is 0 Å². The molecule has 346 valence electrons. The normalized spacial score (nSPS) is 23.7. The fourth-order valence-electron chi connectivity index (χ4n) is 9.52. The van der Waals surface area contributed by atoms with Crippen LogP contribution in [0, 0.1) is 17.3 Å². The second-order valence-electron chi connectivity index (χ2n) is 18.8. The average Bonchev–Trinajstić information content (AvgIpc) is 3.62. The van der Waals surface area contributed by atoms with E-state index in [2.05, 4.69) is 78.5 Å². The Morgan fingerprint density at radius 1 is 0.746 bits per heavy atom. The van der Waals surface area contributed by atoms with Crippen molar-refractivity contribution in [3.63, 3.8) is 0 Å². The summed E-state index contributed by atoms with van der Waals surface area (Å²) in [5, 5.41) is 24.1. The maximum Gasteiger partial charge on any atom is 0.481 e. The second kappa shape index (κ2) is 22.0. The van der Waals surface area contributed by atoms with Crippen LogP contribution in [0.3, 0.4) is 0 Å². The summed E-state index contributed by atoms with van der Waals surface area (Å²) in [6.07, 6.45) is 5.50. The Bertz CT molecular complexity index is 1880. The number of unbranched alkanes of at least 4 members (excludes halogenated alkanes) is 2. The van der Waals surface area contributed by atoms with Crippen molar-refractivity contribution < 1.29 is 38.4 Å². The van der Waals surface area contributed by atoms with Crippen LogP contribution in [0.1, 0.15) is 111 Å². The van der Waals surface area contributed by atoms with E-state index in [0.29, 0.717) is 37.6 Å². The molecular weight excluding hydrogens is 801 g/mol. The monoisotopic (exact) mass is 874 g/mol. The Labute approximate surface area is 373 Å². The van der Waals surface area contributed by atoms with Gasteiger partial charge in [-0.25, -0.2) is 0 Å². The molecule has 63 heavy (non-hydrogen) atoms. The van der Waals surface area contributed by atoms with Gasteiger partial charge in [0, 0.05) is 0 Å². The molecule has 1 saturated heterocycles. The lowest BCUT2D eigenvalue weighted by molar-refractivity contribution is -0.199. The van der Waals surface area contributed by atoms with Gasteiger partial charge in [-0.05, 0) is 132 Å². The number of carbonyl (C=O) groups is 5. The third-order valence-corrected chi connectivity index (χ3v) is 13.7. The van der Waals surface area contributed by atoms with Gasteiger partial charge >= 0.3 is 7.12 Å². The molecule has 0 aromatic heterocycles. The number of amides is 5. The quantitative estimate of drug-likeness (QED) is 0.0601. The third-order valence-electron chi connectivity index (χ3n) is 13.7. The van der Waals surface area contributed by atoms with E-state index >= 15 is 0 Å². The SMILES string of the molecule is CCCCc1ccc(-c2ccc(CC(=O)N[C@@H](CCN)C(=O)N[C@H](C(=O)N[C@@H](C)C(=O)N[C@@H](CCCCN)C(=O)N[C@@H](C)B3OC4C[C@@H]5C[C@@H](C5(C)C)[C@]4(C)O3)[C@@H](C)O)cc2)cc1. The number of rotatable bonds is 23. The molecule has 15 nitrogen and oxygen atoms in total. The van der Waals surface area contributed by atoms with Gasteiger partial charge in [0.2, 0.25) is 29.5 Å². The van der Waals surface area contributed by atoms with Crippen LogP contribution in [0.25, 0.3) is 11.1 Å². The first-order valence-corrected chi connectivity index (χ1v) is 23.0. The molecular formula is C47H72BN7O8. The van der Waals surface area contributed by atoms with Crippen molar-refractivity contribution in [1.29, 1.82) is 0 Å². The number of aliphatic hydroxyl groups excluding tert-OH is 1. The van der Waals surface area contributed by atoms with Crippen LogP contribution < -0.4 is 38.1 Å². The first kappa shape index (κ1) is 49.7. The van der Waals surface area contributed by atoms with E-state index in [4.69, 9.17) is 20.8 Å². The second-order valence-corrected chi connectivity index (χ2v) is 18.8. The van der Waals surface area contributed by atoms with Crippen molar-refractivity contribution in [2.75, 3.05) is 13.1 Å². The van der Waals surface area contributed by atoms with Crippen LogP contribution in [-0.2, 0) is 46.1 Å². The van der Waals surface area contributed by atoms with Gasteiger partial charge in [0.1, 0.15) is 24.2 Å². The van der Waals surface area contributed by atoms with Crippen molar-refractivity contribution in [1.82, 2.24) is 26.6 Å².